The van der Waals surface area contributed by atoms with Gasteiger partial charge in [0.1, 0.15) is 23.2 Å². The molecular weight excluding hydrogens is 553 g/mol. The molecule has 0 saturated carbocycles. The molecule has 2 atom stereocenters. The molecule has 208 valence electrons. The Morgan fingerprint density at radius 2 is 1.07 bits per heavy atom. The van der Waals surface area contributed by atoms with E-state index in [4.69, 9.17) is 0 Å². The number of carbonyl (C=O) groups is 4. The number of imide groups is 2. The highest BCUT2D eigenvalue weighted by Gasteiger charge is 2.56. The lowest BCUT2D eigenvalue weighted by molar-refractivity contribution is -0.123. The van der Waals surface area contributed by atoms with Crippen LogP contribution in [0, 0.1) is 17.5 Å². The molecule has 0 radical (unpaired) electrons. The lowest BCUT2D eigenvalue weighted by Gasteiger charge is -2.23. The molecule has 8 rings (SSSR count). The molecule has 2 saturated heterocycles. The van der Waals surface area contributed by atoms with Gasteiger partial charge in [-0.1, -0.05) is 30.3 Å². The number of hydrogen-bond acceptors (Lipinski definition) is 5. The molecule has 2 unspecified atom stereocenters. The Labute approximate surface area is 234 Å². The van der Waals surface area contributed by atoms with Gasteiger partial charge in [0.2, 0.25) is 0 Å². The van der Waals surface area contributed by atoms with Gasteiger partial charge in [0, 0.05) is 27.8 Å². The summed E-state index contributed by atoms with van der Waals surface area (Å²) in [6.45, 7) is 0. The highest BCUT2D eigenvalue weighted by molar-refractivity contribution is 6.14. The van der Waals surface area contributed by atoms with Gasteiger partial charge >= 0.3 is 12.1 Å². The fourth-order valence-electron chi connectivity index (χ4n) is 6.25. The molecule has 6 amide bonds. The van der Waals surface area contributed by atoms with Crippen LogP contribution < -0.4 is 21.3 Å². The smallest absolute Gasteiger partial charge is 0.322 e. The van der Waals surface area contributed by atoms with Crippen LogP contribution in [0.4, 0.5) is 22.8 Å². The van der Waals surface area contributed by atoms with Crippen molar-refractivity contribution in [1.82, 2.24) is 21.3 Å². The van der Waals surface area contributed by atoms with Crippen LogP contribution in [0.3, 0.4) is 0 Å². The highest BCUT2D eigenvalue weighted by Crippen LogP contribution is 2.51. The van der Waals surface area contributed by atoms with Crippen molar-refractivity contribution in [2.75, 3.05) is 0 Å². The molecule has 2 fully saturated rings. The lowest BCUT2D eigenvalue weighted by atomic mass is 9.87. The summed E-state index contributed by atoms with van der Waals surface area (Å²) in [4.78, 5) is 47.9. The number of nitrogens with one attached hydrogen (secondary N) is 4. The summed E-state index contributed by atoms with van der Waals surface area (Å²) >= 11 is 0. The Balaban J connectivity index is 0.000000137. The maximum Gasteiger partial charge on any atom is 0.322 e. The number of aromatic hydroxyl groups is 1. The monoisotopic (exact) mass is 570 g/mol. The maximum atomic E-state index is 14.2. The molecule has 5 N–H and O–H groups in total. The Hall–Kier alpha value is -5.65. The van der Waals surface area contributed by atoms with Crippen molar-refractivity contribution in [2.45, 2.75) is 11.1 Å². The summed E-state index contributed by atoms with van der Waals surface area (Å²) < 4.78 is 41.4. The average Bonchev–Trinajstić information content (AvgIpc) is 3.60. The van der Waals surface area contributed by atoms with Crippen LogP contribution in [0.25, 0.3) is 22.3 Å². The van der Waals surface area contributed by atoms with Crippen molar-refractivity contribution >= 4 is 23.9 Å². The number of phenols is 1. The van der Waals surface area contributed by atoms with Crippen LogP contribution in [0.1, 0.15) is 22.3 Å². The molecule has 2 heterocycles. The minimum atomic E-state index is -1.56. The lowest BCUT2D eigenvalue weighted by Crippen LogP contribution is -2.43. The van der Waals surface area contributed by atoms with Crippen molar-refractivity contribution in [1.29, 1.82) is 0 Å². The van der Waals surface area contributed by atoms with E-state index in [1.807, 2.05) is 0 Å². The summed E-state index contributed by atoms with van der Waals surface area (Å²) in [6.07, 6.45) is 0. The van der Waals surface area contributed by atoms with Gasteiger partial charge in [-0.15, -0.1) is 0 Å². The van der Waals surface area contributed by atoms with E-state index in [1.165, 1.54) is 48.5 Å². The first kappa shape index (κ1) is 25.3. The molecular formula is C30H17F3N4O5. The minimum absolute atomic E-state index is 0.0321. The topological polar surface area (TPSA) is 137 Å². The molecule has 4 aromatic rings. The van der Waals surface area contributed by atoms with Crippen molar-refractivity contribution in [3.8, 4) is 28.0 Å². The summed E-state index contributed by atoms with van der Waals surface area (Å²) in [7, 11) is 0. The first-order valence-corrected chi connectivity index (χ1v) is 12.6. The van der Waals surface area contributed by atoms with E-state index >= 15 is 0 Å². The predicted octanol–water partition coefficient (Wildman–Crippen LogP) is 3.62. The van der Waals surface area contributed by atoms with Gasteiger partial charge in [-0.2, -0.15) is 0 Å². The number of amides is 6. The molecule has 4 aliphatic rings. The zero-order valence-corrected chi connectivity index (χ0v) is 21.1. The molecule has 2 aliphatic heterocycles. The van der Waals surface area contributed by atoms with Crippen molar-refractivity contribution in [3.05, 3.63) is 113 Å². The normalized spacial score (nSPS) is 22.0. The molecule has 0 aromatic heterocycles. The van der Waals surface area contributed by atoms with Crippen LogP contribution in [0.2, 0.25) is 0 Å². The summed E-state index contributed by atoms with van der Waals surface area (Å²) in [5.41, 5.74) is 0.264. The van der Waals surface area contributed by atoms with E-state index in [-0.39, 0.29) is 16.9 Å². The largest absolute Gasteiger partial charge is 0.508 e. The Morgan fingerprint density at radius 1 is 0.571 bits per heavy atom. The second-order valence-electron chi connectivity index (χ2n) is 10.1. The third kappa shape index (κ3) is 3.20. The van der Waals surface area contributed by atoms with Crippen LogP contribution in [-0.4, -0.2) is 29.0 Å². The third-order valence-corrected chi connectivity index (χ3v) is 7.89. The second kappa shape index (κ2) is 8.43. The average molecular weight is 570 g/mol. The summed E-state index contributed by atoms with van der Waals surface area (Å²) in [5, 5.41) is 19.1. The van der Waals surface area contributed by atoms with E-state index in [2.05, 4.69) is 21.3 Å². The van der Waals surface area contributed by atoms with Crippen molar-refractivity contribution in [2.24, 2.45) is 0 Å². The number of halogens is 3. The fourth-order valence-corrected chi connectivity index (χ4v) is 6.25. The molecule has 42 heavy (non-hydrogen) atoms. The van der Waals surface area contributed by atoms with E-state index in [0.717, 1.165) is 6.07 Å². The zero-order chi connectivity index (χ0) is 29.6. The SMILES string of the molecule is O=C1NC(=O)C2(N1)c1cc(F)ccc1-c1c(F)cccc12.O=C1NC(=O)C2(N1)c1cc(O)ccc1-c1ccc(F)cc12. The van der Waals surface area contributed by atoms with Crippen molar-refractivity contribution in [3.63, 3.8) is 0 Å². The number of fused-ring (bicyclic) bond motifs is 10. The predicted molar refractivity (Wildman–Crippen MR) is 140 cm³/mol. The van der Waals surface area contributed by atoms with E-state index < -0.39 is 52.4 Å². The number of hydrogen-bond donors (Lipinski definition) is 5. The molecule has 2 aliphatic carbocycles. The Morgan fingerprint density at radius 3 is 1.64 bits per heavy atom. The number of rotatable bonds is 0. The number of carbonyl (C=O) groups excluding carboxylic acids is 4. The molecule has 2 spiro atoms. The van der Waals surface area contributed by atoms with Gasteiger partial charge in [-0.3, -0.25) is 20.2 Å². The Bertz CT molecular complexity index is 1860. The van der Waals surface area contributed by atoms with Crippen molar-refractivity contribution < 1.29 is 37.5 Å². The Kier molecular flexibility index (Phi) is 5.08. The summed E-state index contributed by atoms with van der Waals surface area (Å²) in [5.74, 6) is -2.83. The standard InChI is InChI=1S/C15H8F2N2O2.C15H9FN2O3/c16-7-4-5-8-10(6-7)15(13(20)18-14(21)19-15)9-2-1-3-11(17)12(8)9;16-7-1-3-9-10-4-2-8(19)6-12(10)15(11(9)5-7)13(20)17-14(21)18-15/h1-6H,(H2,18,19,20,21);1-6,19H,(H2,17,18,20,21). The quantitative estimate of drug-likeness (QED) is 0.206. The number of urea groups is 2. The number of benzene rings is 4. The molecule has 0 bridgehead atoms. The van der Waals surface area contributed by atoms with Crippen LogP contribution in [0.5, 0.6) is 5.75 Å². The van der Waals surface area contributed by atoms with Crippen LogP contribution in [0.15, 0.2) is 72.8 Å². The highest BCUT2D eigenvalue weighted by atomic mass is 19.1. The molecule has 4 aromatic carbocycles. The van der Waals surface area contributed by atoms with Gasteiger partial charge in [0.25, 0.3) is 11.8 Å². The first-order chi connectivity index (χ1) is 20.1. The van der Waals surface area contributed by atoms with Gasteiger partial charge in [0.15, 0.2) is 11.1 Å². The van der Waals surface area contributed by atoms with Gasteiger partial charge in [0.05, 0.1) is 0 Å². The van der Waals surface area contributed by atoms with Gasteiger partial charge in [-0.05, 0) is 59.2 Å². The van der Waals surface area contributed by atoms with Gasteiger partial charge in [-0.25, -0.2) is 22.8 Å². The van der Waals surface area contributed by atoms with E-state index in [1.54, 1.807) is 18.2 Å². The minimum Gasteiger partial charge on any atom is -0.508 e. The van der Waals surface area contributed by atoms with E-state index in [0.29, 0.717) is 33.4 Å². The maximum absolute atomic E-state index is 14.2. The third-order valence-electron chi connectivity index (χ3n) is 7.89. The molecule has 12 heteroatoms. The van der Waals surface area contributed by atoms with Crippen LogP contribution >= 0.6 is 0 Å². The van der Waals surface area contributed by atoms with E-state index in [9.17, 15) is 37.5 Å². The fraction of sp³-hybridized carbons (Fsp3) is 0.0667. The summed E-state index contributed by atoms with van der Waals surface area (Å²) in [6, 6.07) is 15.3. The van der Waals surface area contributed by atoms with Crippen LogP contribution in [-0.2, 0) is 20.7 Å². The molecule has 9 nitrogen and oxygen atoms in total. The van der Waals surface area contributed by atoms with Gasteiger partial charge < -0.3 is 15.7 Å². The number of phenolic OH excluding ortho intramolecular Hbond substituents is 1. The first-order valence-electron chi connectivity index (χ1n) is 12.6. The zero-order valence-electron chi connectivity index (χ0n) is 21.1. The second-order valence-corrected chi connectivity index (χ2v) is 10.1.